The van der Waals surface area contributed by atoms with Gasteiger partial charge in [-0.3, -0.25) is 0 Å². The predicted molar refractivity (Wildman–Crippen MR) is 151 cm³/mol. The third-order valence-electron chi connectivity index (χ3n) is 4.63. The van der Waals surface area contributed by atoms with Gasteiger partial charge in [-0.25, -0.2) is 0 Å². The first-order valence-electron chi connectivity index (χ1n) is 11.6. The third kappa shape index (κ3) is 12.0. The van der Waals surface area contributed by atoms with E-state index >= 15 is 0 Å². The topological polar surface area (TPSA) is 0 Å². The summed E-state index contributed by atoms with van der Waals surface area (Å²) in [6, 6.07) is 42.3. The van der Waals surface area contributed by atoms with Crippen molar-refractivity contribution in [3.63, 3.8) is 0 Å². The van der Waals surface area contributed by atoms with Crippen molar-refractivity contribution >= 4 is 38.4 Å². The highest BCUT2D eigenvalue weighted by Crippen LogP contribution is 2.09. The molecule has 0 aromatic heterocycles. The molecule has 0 atom stereocenters. The summed E-state index contributed by atoms with van der Waals surface area (Å²) in [5.41, 5.74) is 0. The van der Waals surface area contributed by atoms with Gasteiger partial charge in [-0.15, -0.1) is 0 Å². The minimum absolute atomic E-state index is 0.777. The number of benzene rings is 4. The van der Waals surface area contributed by atoms with Crippen molar-refractivity contribution in [2.24, 2.45) is 0 Å². The van der Waals surface area contributed by atoms with Crippen LogP contribution in [0.4, 0.5) is 0 Å². The first-order chi connectivity index (χ1) is 15.8. The number of hydrogen-bond acceptors (Lipinski definition) is 0. The molecular weight excluding hydrogens is 422 g/mol. The van der Waals surface area contributed by atoms with Crippen molar-refractivity contribution < 1.29 is 0 Å². The molecule has 0 radical (unpaired) electrons. The third-order valence-corrected chi connectivity index (χ3v) is 7.12. The van der Waals surface area contributed by atoms with Crippen LogP contribution in [0.1, 0.15) is 39.5 Å². The van der Waals surface area contributed by atoms with Crippen molar-refractivity contribution in [3.05, 3.63) is 121 Å². The molecule has 0 N–H and O–H groups in total. The van der Waals surface area contributed by atoms with E-state index in [2.05, 4.69) is 135 Å². The van der Waals surface area contributed by atoms with Crippen LogP contribution in [-0.4, -0.2) is 0 Å². The van der Waals surface area contributed by atoms with Gasteiger partial charge < -0.3 is 0 Å². The number of hydrogen-bond donors (Lipinski definition) is 0. The lowest BCUT2D eigenvalue weighted by molar-refractivity contribution is 0.702. The molecule has 0 aliphatic rings. The maximum absolute atomic E-state index is 2.23. The molecule has 0 aliphatic carbocycles. The maximum atomic E-state index is 2.23. The van der Waals surface area contributed by atoms with E-state index in [0.29, 0.717) is 0 Å². The highest BCUT2D eigenvalue weighted by molar-refractivity contribution is 7.55. The molecule has 0 saturated carbocycles. The summed E-state index contributed by atoms with van der Waals surface area (Å²) >= 11 is 0. The zero-order valence-corrected chi connectivity index (χ0v) is 21.4. The molecule has 166 valence electrons. The Morgan fingerprint density at radius 2 is 0.594 bits per heavy atom. The Balaban J connectivity index is 0.000000183. The van der Waals surface area contributed by atoms with Gasteiger partial charge in [0.1, 0.15) is 0 Å². The SMILES string of the molecule is CCCCCC.c1ccc(Pc2ccccc2)cc1.c1ccc(Pc2ccccc2)cc1. The van der Waals surface area contributed by atoms with Gasteiger partial charge in [-0.2, -0.15) is 0 Å². The Bertz CT molecular complexity index is 767. The molecule has 2 heteroatoms. The van der Waals surface area contributed by atoms with Crippen LogP contribution in [0.25, 0.3) is 0 Å². The van der Waals surface area contributed by atoms with E-state index in [1.807, 2.05) is 0 Å². The second kappa shape index (κ2) is 17.3. The number of unbranched alkanes of at least 4 members (excludes halogenated alkanes) is 3. The molecule has 4 aromatic rings. The molecule has 4 rings (SSSR count). The lowest BCUT2D eigenvalue weighted by atomic mass is 10.2. The summed E-state index contributed by atoms with van der Waals surface area (Å²) < 4.78 is 0. The standard InChI is InChI=1S/2C12H11P.C6H14/c2*1-3-7-11(8-4-1)13-12-9-5-2-6-10-12;1-3-5-6-4-2/h2*1-10,13H;3-6H2,1-2H3. The Hall–Kier alpha value is -2.26. The molecular formula is C30H36P2. The highest BCUT2D eigenvalue weighted by atomic mass is 31.1. The van der Waals surface area contributed by atoms with Crippen molar-refractivity contribution in [3.8, 4) is 0 Å². The summed E-state index contributed by atoms with van der Waals surface area (Å²) in [6.07, 6.45) is 5.54. The summed E-state index contributed by atoms with van der Waals surface area (Å²) in [5.74, 6) is 0. The summed E-state index contributed by atoms with van der Waals surface area (Å²) in [7, 11) is 1.55. The minimum atomic E-state index is 0.777. The van der Waals surface area contributed by atoms with Crippen molar-refractivity contribution in [1.29, 1.82) is 0 Å². The minimum Gasteiger partial charge on any atom is -0.0654 e. The summed E-state index contributed by atoms with van der Waals surface area (Å²) in [5, 5.41) is 5.59. The van der Waals surface area contributed by atoms with Crippen molar-refractivity contribution in [2.75, 3.05) is 0 Å². The molecule has 4 aromatic carbocycles. The summed E-state index contributed by atoms with van der Waals surface area (Å²) in [6.45, 7) is 4.46. The van der Waals surface area contributed by atoms with Gasteiger partial charge in [0.25, 0.3) is 0 Å². The molecule has 0 bridgehead atoms. The molecule has 0 amide bonds. The van der Waals surface area contributed by atoms with Crippen LogP contribution >= 0.6 is 17.2 Å². The molecule has 0 nitrogen and oxygen atoms in total. The van der Waals surface area contributed by atoms with Gasteiger partial charge in [0.05, 0.1) is 0 Å². The zero-order valence-electron chi connectivity index (χ0n) is 19.4. The van der Waals surface area contributed by atoms with E-state index in [4.69, 9.17) is 0 Å². The fourth-order valence-corrected chi connectivity index (χ4v) is 5.02. The molecule has 0 fully saturated rings. The molecule has 0 saturated heterocycles. The van der Waals surface area contributed by atoms with Crippen LogP contribution in [0.15, 0.2) is 121 Å². The molecule has 32 heavy (non-hydrogen) atoms. The first kappa shape index (κ1) is 26.0. The van der Waals surface area contributed by atoms with Gasteiger partial charge in [0.2, 0.25) is 0 Å². The van der Waals surface area contributed by atoms with Gasteiger partial charge in [0.15, 0.2) is 0 Å². The van der Waals surface area contributed by atoms with Crippen molar-refractivity contribution in [1.82, 2.24) is 0 Å². The fraction of sp³-hybridized carbons (Fsp3) is 0.200. The highest BCUT2D eigenvalue weighted by Gasteiger charge is 1.93. The Morgan fingerprint density at radius 1 is 0.375 bits per heavy atom. The zero-order chi connectivity index (χ0) is 22.7. The quantitative estimate of drug-likeness (QED) is 0.203. The first-order valence-corrected chi connectivity index (χ1v) is 13.6. The average Bonchev–Trinajstić information content (AvgIpc) is 2.86. The largest absolute Gasteiger partial charge is 0.0654 e. The van der Waals surface area contributed by atoms with E-state index in [1.54, 1.807) is 0 Å². The van der Waals surface area contributed by atoms with E-state index in [1.165, 1.54) is 46.9 Å². The Kier molecular flexibility index (Phi) is 14.1. The Morgan fingerprint density at radius 3 is 0.781 bits per heavy atom. The van der Waals surface area contributed by atoms with Crippen LogP contribution in [-0.2, 0) is 0 Å². The fourth-order valence-electron chi connectivity index (χ4n) is 2.92. The van der Waals surface area contributed by atoms with Gasteiger partial charge >= 0.3 is 0 Å². The smallest absolute Gasteiger partial charge is 0.0226 e. The molecule has 0 aliphatic heterocycles. The van der Waals surface area contributed by atoms with E-state index in [0.717, 1.165) is 17.2 Å². The molecule has 0 unspecified atom stereocenters. The molecule has 0 spiro atoms. The van der Waals surface area contributed by atoms with Crippen molar-refractivity contribution in [2.45, 2.75) is 39.5 Å². The second-order valence-corrected chi connectivity index (χ2v) is 10.2. The normalized spacial score (nSPS) is 9.69. The lowest BCUT2D eigenvalue weighted by Gasteiger charge is -2.00. The average molecular weight is 459 g/mol. The lowest BCUT2D eigenvalue weighted by Crippen LogP contribution is -2.01. The number of rotatable bonds is 7. The van der Waals surface area contributed by atoms with Crippen LogP contribution in [0.5, 0.6) is 0 Å². The van der Waals surface area contributed by atoms with Gasteiger partial charge in [-0.05, 0) is 21.2 Å². The van der Waals surface area contributed by atoms with Gasteiger partial charge in [-0.1, -0.05) is 178 Å². The summed E-state index contributed by atoms with van der Waals surface area (Å²) in [4.78, 5) is 0. The van der Waals surface area contributed by atoms with E-state index in [-0.39, 0.29) is 0 Å². The second-order valence-electron chi connectivity index (χ2n) is 7.42. The van der Waals surface area contributed by atoms with Gasteiger partial charge in [0, 0.05) is 0 Å². The van der Waals surface area contributed by atoms with Crippen LogP contribution in [0.2, 0.25) is 0 Å². The van der Waals surface area contributed by atoms with Crippen LogP contribution in [0.3, 0.4) is 0 Å². The molecule has 0 heterocycles. The Labute approximate surface area is 199 Å². The predicted octanol–water partition coefficient (Wildman–Crippen LogP) is 7.22. The van der Waals surface area contributed by atoms with E-state index in [9.17, 15) is 0 Å². The van der Waals surface area contributed by atoms with E-state index < -0.39 is 0 Å². The monoisotopic (exact) mass is 458 g/mol. The van der Waals surface area contributed by atoms with Crippen LogP contribution in [0, 0.1) is 0 Å². The maximum Gasteiger partial charge on any atom is -0.0226 e. The van der Waals surface area contributed by atoms with Crippen LogP contribution < -0.4 is 21.2 Å².